The van der Waals surface area contributed by atoms with Crippen molar-refractivity contribution in [3.05, 3.63) is 66.1 Å². The minimum atomic E-state index is -0.565. The van der Waals surface area contributed by atoms with Gasteiger partial charge in [0, 0.05) is 30.0 Å². The summed E-state index contributed by atoms with van der Waals surface area (Å²) in [6, 6.07) is 9.08. The number of nitrogens with one attached hydrogen (secondary N) is 2. The van der Waals surface area contributed by atoms with E-state index < -0.39 is 11.7 Å². The van der Waals surface area contributed by atoms with E-state index in [1.54, 1.807) is 24.3 Å². The molecule has 1 aliphatic rings. The van der Waals surface area contributed by atoms with Crippen LogP contribution < -0.4 is 15.5 Å². The van der Waals surface area contributed by atoms with Crippen LogP contribution >= 0.6 is 11.6 Å². The number of aromatic nitrogens is 2. The fourth-order valence-corrected chi connectivity index (χ4v) is 3.61. The highest BCUT2D eigenvalue weighted by atomic mass is 35.5. The van der Waals surface area contributed by atoms with Crippen LogP contribution in [0.25, 0.3) is 11.3 Å². The van der Waals surface area contributed by atoms with Crippen molar-refractivity contribution in [3.8, 4) is 17.0 Å². The van der Waals surface area contributed by atoms with E-state index in [0.717, 1.165) is 6.08 Å². The summed E-state index contributed by atoms with van der Waals surface area (Å²) >= 11 is 6.29. The van der Waals surface area contributed by atoms with Gasteiger partial charge < -0.3 is 25.4 Å². The van der Waals surface area contributed by atoms with Gasteiger partial charge in [-0.05, 0) is 42.5 Å². The first-order valence-corrected chi connectivity index (χ1v) is 10.5. The summed E-state index contributed by atoms with van der Waals surface area (Å²) < 4.78 is 19.6. The molecule has 3 N–H and O–H groups in total. The minimum Gasteiger partial charge on any atom is -0.506 e. The molecule has 2 heterocycles. The number of nitrogens with zero attached hydrogens (tertiary/aromatic N) is 3. The van der Waals surface area contributed by atoms with E-state index in [0.29, 0.717) is 43.2 Å². The van der Waals surface area contributed by atoms with Crippen molar-refractivity contribution >= 4 is 40.5 Å². The van der Waals surface area contributed by atoms with Crippen LogP contribution in [0.4, 0.5) is 27.4 Å². The van der Waals surface area contributed by atoms with Crippen molar-refractivity contribution in [1.82, 2.24) is 9.97 Å². The van der Waals surface area contributed by atoms with Crippen LogP contribution in [-0.4, -0.2) is 47.3 Å². The van der Waals surface area contributed by atoms with E-state index in [1.165, 1.54) is 18.3 Å². The van der Waals surface area contributed by atoms with Gasteiger partial charge in [0.15, 0.2) is 0 Å². The van der Waals surface area contributed by atoms with Crippen molar-refractivity contribution in [1.29, 1.82) is 0 Å². The molecule has 33 heavy (non-hydrogen) atoms. The molecular weight excluding hydrogens is 449 g/mol. The number of hydrogen-bond acceptors (Lipinski definition) is 7. The van der Waals surface area contributed by atoms with E-state index in [2.05, 4.69) is 27.2 Å². The monoisotopic (exact) mass is 469 g/mol. The van der Waals surface area contributed by atoms with Gasteiger partial charge >= 0.3 is 0 Å². The first kappa shape index (κ1) is 22.5. The molecule has 0 unspecified atom stereocenters. The quantitative estimate of drug-likeness (QED) is 0.364. The molecule has 170 valence electrons. The first-order chi connectivity index (χ1) is 15.9. The molecule has 0 spiro atoms. The number of carbonyl (C=O) groups is 1. The number of benzene rings is 2. The normalized spacial score (nSPS) is 13.5. The van der Waals surface area contributed by atoms with Crippen molar-refractivity contribution in [3.63, 3.8) is 0 Å². The van der Waals surface area contributed by atoms with Crippen molar-refractivity contribution in [2.75, 3.05) is 41.8 Å². The highest BCUT2D eigenvalue weighted by molar-refractivity contribution is 6.33. The zero-order valence-corrected chi connectivity index (χ0v) is 18.3. The van der Waals surface area contributed by atoms with Crippen LogP contribution in [0, 0.1) is 5.82 Å². The third kappa shape index (κ3) is 5.39. The molecule has 3 aromatic rings. The van der Waals surface area contributed by atoms with Crippen LogP contribution in [0.15, 0.2) is 55.3 Å². The number of anilines is 4. The second-order valence-corrected chi connectivity index (χ2v) is 7.65. The highest BCUT2D eigenvalue weighted by Crippen LogP contribution is 2.33. The fraction of sp³-hybridized carbons (Fsp3) is 0.174. The first-order valence-electron chi connectivity index (χ1n) is 10.1. The molecule has 1 saturated heterocycles. The topological polar surface area (TPSA) is 99.6 Å². The van der Waals surface area contributed by atoms with E-state index >= 15 is 0 Å². The number of ether oxygens (including phenoxy) is 1. The third-order valence-electron chi connectivity index (χ3n) is 4.95. The number of rotatable bonds is 6. The summed E-state index contributed by atoms with van der Waals surface area (Å²) in [6.45, 7) is 5.90. The third-order valence-corrected chi connectivity index (χ3v) is 5.23. The van der Waals surface area contributed by atoms with Crippen molar-refractivity contribution in [2.24, 2.45) is 0 Å². The second kappa shape index (κ2) is 9.85. The smallest absolute Gasteiger partial charge is 0.247 e. The Bertz CT molecular complexity index is 1200. The molecule has 0 atom stereocenters. The zero-order chi connectivity index (χ0) is 23.4. The Morgan fingerprint density at radius 3 is 2.76 bits per heavy atom. The number of amides is 1. The average Bonchev–Trinajstić information content (AvgIpc) is 2.81. The molecular formula is C23H21ClFN5O3. The lowest BCUT2D eigenvalue weighted by atomic mass is 10.1. The number of halogens is 2. The number of aromatic hydroxyl groups is 1. The van der Waals surface area contributed by atoms with Gasteiger partial charge in [0.05, 0.1) is 35.8 Å². The van der Waals surface area contributed by atoms with E-state index in [4.69, 9.17) is 16.3 Å². The lowest BCUT2D eigenvalue weighted by Crippen LogP contribution is -2.36. The summed E-state index contributed by atoms with van der Waals surface area (Å²) in [6.07, 6.45) is 2.50. The summed E-state index contributed by atoms with van der Waals surface area (Å²) in [7, 11) is 0. The summed E-state index contributed by atoms with van der Waals surface area (Å²) in [5.74, 6) is -0.640. The lowest BCUT2D eigenvalue weighted by molar-refractivity contribution is -0.111. The van der Waals surface area contributed by atoms with Gasteiger partial charge in [0.1, 0.15) is 11.6 Å². The molecule has 0 aliphatic carbocycles. The summed E-state index contributed by atoms with van der Waals surface area (Å²) in [4.78, 5) is 22.3. The number of phenolic OH excluding ortho intramolecular Hbond substituents is 1. The Kier molecular flexibility index (Phi) is 6.71. The van der Waals surface area contributed by atoms with Gasteiger partial charge in [-0.3, -0.25) is 4.79 Å². The fourth-order valence-electron chi connectivity index (χ4n) is 3.41. The van der Waals surface area contributed by atoms with Crippen LogP contribution in [-0.2, 0) is 9.53 Å². The minimum absolute atomic E-state index is 0.161. The molecule has 1 aliphatic heterocycles. The number of phenols is 1. The maximum atomic E-state index is 14.2. The molecule has 1 fully saturated rings. The van der Waals surface area contributed by atoms with Gasteiger partial charge in [0.2, 0.25) is 11.9 Å². The largest absolute Gasteiger partial charge is 0.506 e. The highest BCUT2D eigenvalue weighted by Gasteiger charge is 2.16. The van der Waals surface area contributed by atoms with E-state index in [1.807, 2.05) is 4.90 Å². The summed E-state index contributed by atoms with van der Waals surface area (Å²) in [5.41, 5.74) is 2.22. The molecule has 8 nitrogen and oxygen atoms in total. The Morgan fingerprint density at radius 1 is 1.21 bits per heavy atom. The van der Waals surface area contributed by atoms with Gasteiger partial charge in [-0.2, -0.15) is 0 Å². The standard InChI is InChI=1S/C23H21ClFN5O3/c1-2-21(32)27-17-10-14(9-15(25)11-17)22-18(24)13-26-23(29-22)28-16-3-4-20(31)19(12-16)30-5-7-33-8-6-30/h2-4,9-13,31H,1,5-8H2,(H,27,32)(H,26,28,29). The Morgan fingerprint density at radius 2 is 2.00 bits per heavy atom. The van der Waals surface area contributed by atoms with Crippen molar-refractivity contribution < 1.29 is 19.0 Å². The molecule has 0 bridgehead atoms. The van der Waals surface area contributed by atoms with Gasteiger partial charge in [-0.15, -0.1) is 0 Å². The van der Waals surface area contributed by atoms with Gasteiger partial charge in [-0.25, -0.2) is 14.4 Å². The van der Waals surface area contributed by atoms with E-state index in [9.17, 15) is 14.3 Å². The lowest BCUT2D eigenvalue weighted by Gasteiger charge is -2.29. The van der Waals surface area contributed by atoms with Crippen LogP contribution in [0.3, 0.4) is 0 Å². The molecule has 10 heteroatoms. The van der Waals surface area contributed by atoms with E-state index in [-0.39, 0.29) is 28.1 Å². The molecule has 0 radical (unpaired) electrons. The predicted molar refractivity (Wildman–Crippen MR) is 126 cm³/mol. The van der Waals surface area contributed by atoms with Crippen LogP contribution in [0.1, 0.15) is 0 Å². The SMILES string of the molecule is C=CC(=O)Nc1cc(F)cc(-c2nc(Nc3ccc(O)c(N4CCOCC4)c3)ncc2Cl)c1. The average molecular weight is 470 g/mol. The molecule has 4 rings (SSSR count). The summed E-state index contributed by atoms with van der Waals surface area (Å²) in [5, 5.41) is 16.1. The Balaban J connectivity index is 1.62. The number of carbonyl (C=O) groups excluding carboxylic acids is 1. The zero-order valence-electron chi connectivity index (χ0n) is 17.5. The van der Waals surface area contributed by atoms with Crippen LogP contribution in [0.2, 0.25) is 5.02 Å². The van der Waals surface area contributed by atoms with Crippen molar-refractivity contribution in [2.45, 2.75) is 0 Å². The molecule has 1 amide bonds. The maximum Gasteiger partial charge on any atom is 0.247 e. The molecule has 0 saturated carbocycles. The number of hydrogen-bond donors (Lipinski definition) is 3. The van der Waals surface area contributed by atoms with Gasteiger partial charge in [-0.1, -0.05) is 18.2 Å². The molecule has 2 aromatic carbocycles. The predicted octanol–water partition coefficient (Wildman–Crippen LogP) is 4.35. The number of morpholine rings is 1. The second-order valence-electron chi connectivity index (χ2n) is 7.24. The Hall–Kier alpha value is -3.69. The Labute approximate surface area is 194 Å². The van der Waals surface area contributed by atoms with Crippen LogP contribution in [0.5, 0.6) is 5.75 Å². The van der Waals surface area contributed by atoms with Gasteiger partial charge in [0.25, 0.3) is 0 Å². The molecule has 1 aromatic heterocycles. The maximum absolute atomic E-state index is 14.2.